The first kappa shape index (κ1) is 17.6. The molecule has 1 aromatic carbocycles. The Kier molecular flexibility index (Phi) is 5.19. The molecule has 128 valence electrons. The minimum absolute atomic E-state index is 0.00943. The third-order valence-corrected chi connectivity index (χ3v) is 5.83. The van der Waals surface area contributed by atoms with Crippen LogP contribution in [0.5, 0.6) is 5.75 Å². The predicted molar refractivity (Wildman–Crippen MR) is 89.4 cm³/mol. The fourth-order valence-electron chi connectivity index (χ4n) is 2.87. The summed E-state index contributed by atoms with van der Waals surface area (Å²) in [6.45, 7) is 3.75. The molecule has 1 atom stereocenters. The van der Waals surface area contributed by atoms with Gasteiger partial charge in [0.2, 0.25) is 0 Å². The van der Waals surface area contributed by atoms with Crippen LogP contribution in [0, 0.1) is 0 Å². The second-order valence-electron chi connectivity index (χ2n) is 6.38. The molecule has 1 heterocycles. The molecule has 0 aliphatic carbocycles. The van der Waals surface area contributed by atoms with Gasteiger partial charge >= 0.3 is 6.03 Å². The van der Waals surface area contributed by atoms with Crippen molar-refractivity contribution in [1.29, 1.82) is 0 Å². The summed E-state index contributed by atoms with van der Waals surface area (Å²) in [6, 6.07) is 6.78. The van der Waals surface area contributed by atoms with Gasteiger partial charge in [-0.3, -0.25) is 0 Å². The van der Waals surface area contributed by atoms with Gasteiger partial charge in [0.15, 0.2) is 9.84 Å². The van der Waals surface area contributed by atoms with E-state index < -0.39 is 15.4 Å². The van der Waals surface area contributed by atoms with Crippen LogP contribution in [0.25, 0.3) is 0 Å². The summed E-state index contributed by atoms with van der Waals surface area (Å²) in [4.78, 5) is 12.3. The fourth-order valence-corrected chi connectivity index (χ4v) is 4.51. The van der Waals surface area contributed by atoms with Crippen molar-refractivity contribution >= 4 is 15.9 Å². The van der Waals surface area contributed by atoms with Crippen molar-refractivity contribution in [2.45, 2.75) is 38.3 Å². The van der Waals surface area contributed by atoms with Gasteiger partial charge in [0.05, 0.1) is 24.2 Å². The Morgan fingerprint density at radius 1 is 1.30 bits per heavy atom. The second kappa shape index (κ2) is 6.78. The van der Waals surface area contributed by atoms with Gasteiger partial charge in [0.1, 0.15) is 5.75 Å². The predicted octanol–water partition coefficient (Wildman–Crippen LogP) is 1.81. The Bertz CT molecular complexity index is 670. The van der Waals surface area contributed by atoms with E-state index in [0.717, 1.165) is 5.56 Å². The second-order valence-corrected chi connectivity index (χ2v) is 8.61. The Hall–Kier alpha value is -1.76. The van der Waals surface area contributed by atoms with E-state index in [2.05, 4.69) is 10.6 Å². The number of carbonyl (C=O) groups is 1. The van der Waals surface area contributed by atoms with Crippen molar-refractivity contribution in [3.63, 3.8) is 0 Å². The number of sulfone groups is 1. The summed E-state index contributed by atoms with van der Waals surface area (Å²) in [5.74, 6) is 0.910. The van der Waals surface area contributed by atoms with Crippen LogP contribution in [0.3, 0.4) is 0 Å². The van der Waals surface area contributed by atoms with Crippen molar-refractivity contribution in [3.8, 4) is 5.75 Å². The van der Waals surface area contributed by atoms with Crippen LogP contribution in [-0.2, 0) is 15.4 Å². The van der Waals surface area contributed by atoms with Gasteiger partial charge in [-0.15, -0.1) is 0 Å². The van der Waals surface area contributed by atoms with E-state index in [1.54, 1.807) is 7.11 Å². The van der Waals surface area contributed by atoms with Gasteiger partial charge < -0.3 is 15.4 Å². The minimum Gasteiger partial charge on any atom is -0.496 e. The Morgan fingerprint density at radius 2 is 2.00 bits per heavy atom. The molecule has 7 heteroatoms. The lowest BCUT2D eigenvalue weighted by Crippen LogP contribution is -2.52. The number of nitrogens with one attached hydrogen (secondary N) is 2. The molecule has 2 N–H and O–H groups in total. The van der Waals surface area contributed by atoms with Gasteiger partial charge in [0, 0.05) is 11.6 Å². The van der Waals surface area contributed by atoms with Gasteiger partial charge in [-0.2, -0.15) is 0 Å². The largest absolute Gasteiger partial charge is 0.496 e. The molecule has 0 radical (unpaired) electrons. The fraction of sp³-hybridized carbons (Fsp3) is 0.562. The number of carbonyl (C=O) groups excluding carboxylic acids is 1. The third-order valence-electron chi connectivity index (χ3n) is 4.00. The number of amides is 2. The minimum atomic E-state index is -3.05. The standard InChI is InChI=1S/C16H24N2O4S/c1-16(2,13-8-4-5-9-14(13)22-3)18-15(19)17-12-7-6-10-23(20,21)11-12/h4-5,8-9,12H,6-7,10-11H2,1-3H3,(H2,17,18,19). The number of para-hydroxylation sites is 1. The van der Waals surface area contributed by atoms with Gasteiger partial charge in [-0.25, -0.2) is 13.2 Å². The van der Waals surface area contributed by atoms with Crippen LogP contribution >= 0.6 is 0 Å². The molecule has 1 aliphatic heterocycles. The molecule has 1 aliphatic rings. The van der Waals surface area contributed by atoms with E-state index in [1.165, 1.54) is 0 Å². The number of ether oxygens (including phenoxy) is 1. The molecule has 1 unspecified atom stereocenters. The zero-order valence-electron chi connectivity index (χ0n) is 13.8. The van der Waals surface area contributed by atoms with E-state index in [4.69, 9.17) is 4.74 Å². The zero-order valence-corrected chi connectivity index (χ0v) is 14.6. The SMILES string of the molecule is COc1ccccc1C(C)(C)NC(=O)NC1CCCS(=O)(=O)C1. The maximum Gasteiger partial charge on any atom is 0.315 e. The summed E-state index contributed by atoms with van der Waals surface area (Å²) in [7, 11) is -1.46. The highest BCUT2D eigenvalue weighted by atomic mass is 32.2. The highest BCUT2D eigenvalue weighted by molar-refractivity contribution is 7.91. The molecule has 2 amide bonds. The van der Waals surface area contributed by atoms with Crippen LogP contribution in [-0.4, -0.2) is 39.1 Å². The van der Waals surface area contributed by atoms with Gasteiger partial charge in [-0.05, 0) is 32.8 Å². The number of benzene rings is 1. The first-order valence-electron chi connectivity index (χ1n) is 7.66. The molecule has 1 saturated heterocycles. The molecule has 0 bridgehead atoms. The maximum absolute atomic E-state index is 12.3. The maximum atomic E-state index is 12.3. The number of hydrogen-bond donors (Lipinski definition) is 2. The van der Waals surface area contributed by atoms with Gasteiger partial charge in [0.25, 0.3) is 0 Å². The average Bonchev–Trinajstić information content (AvgIpc) is 2.45. The lowest BCUT2D eigenvalue weighted by molar-refractivity contribution is 0.225. The molecule has 23 heavy (non-hydrogen) atoms. The number of methoxy groups -OCH3 is 1. The molecule has 1 fully saturated rings. The third kappa shape index (κ3) is 4.60. The quantitative estimate of drug-likeness (QED) is 0.875. The Morgan fingerprint density at radius 3 is 2.65 bits per heavy atom. The zero-order chi connectivity index (χ0) is 17.1. The summed E-state index contributed by atoms with van der Waals surface area (Å²) >= 11 is 0. The van der Waals surface area contributed by atoms with Crippen LogP contribution in [0.1, 0.15) is 32.3 Å². The molecule has 6 nitrogen and oxygen atoms in total. The number of urea groups is 1. The number of hydrogen-bond acceptors (Lipinski definition) is 4. The molecule has 2 rings (SSSR count). The summed E-state index contributed by atoms with van der Waals surface area (Å²) in [5.41, 5.74) is 0.207. The van der Waals surface area contributed by atoms with E-state index >= 15 is 0 Å². The highest BCUT2D eigenvalue weighted by Gasteiger charge is 2.29. The first-order chi connectivity index (χ1) is 10.7. The normalized spacial score (nSPS) is 20.6. The van der Waals surface area contributed by atoms with Crippen molar-refractivity contribution in [1.82, 2.24) is 10.6 Å². The van der Waals surface area contributed by atoms with E-state index in [-0.39, 0.29) is 23.6 Å². The topological polar surface area (TPSA) is 84.5 Å². The van der Waals surface area contributed by atoms with Crippen LogP contribution in [0.2, 0.25) is 0 Å². The Balaban J connectivity index is 2.04. The van der Waals surface area contributed by atoms with E-state index in [1.807, 2.05) is 38.1 Å². The summed E-state index contributed by atoms with van der Waals surface area (Å²) in [5, 5.41) is 5.66. The monoisotopic (exact) mass is 340 g/mol. The lowest BCUT2D eigenvalue weighted by atomic mass is 9.93. The van der Waals surface area contributed by atoms with E-state index in [9.17, 15) is 13.2 Å². The van der Waals surface area contributed by atoms with Crippen molar-refractivity contribution in [3.05, 3.63) is 29.8 Å². The molecular formula is C16H24N2O4S. The number of rotatable bonds is 4. The Labute approximate surface area is 137 Å². The van der Waals surface area contributed by atoms with Crippen LogP contribution < -0.4 is 15.4 Å². The average molecular weight is 340 g/mol. The first-order valence-corrected chi connectivity index (χ1v) is 9.48. The van der Waals surface area contributed by atoms with Crippen molar-refractivity contribution in [2.24, 2.45) is 0 Å². The van der Waals surface area contributed by atoms with E-state index in [0.29, 0.717) is 18.6 Å². The smallest absolute Gasteiger partial charge is 0.315 e. The highest BCUT2D eigenvalue weighted by Crippen LogP contribution is 2.29. The molecule has 0 aromatic heterocycles. The van der Waals surface area contributed by atoms with Gasteiger partial charge in [-0.1, -0.05) is 18.2 Å². The molecule has 1 aromatic rings. The summed E-state index contributed by atoms with van der Waals surface area (Å²) in [6.07, 6.45) is 1.27. The molecule has 0 saturated carbocycles. The lowest BCUT2D eigenvalue weighted by Gasteiger charge is -2.30. The van der Waals surface area contributed by atoms with Crippen LogP contribution in [0.4, 0.5) is 4.79 Å². The molecular weight excluding hydrogens is 316 g/mol. The molecule has 0 spiro atoms. The van der Waals surface area contributed by atoms with Crippen molar-refractivity contribution in [2.75, 3.05) is 18.6 Å². The summed E-state index contributed by atoms with van der Waals surface area (Å²) < 4.78 is 28.6. The van der Waals surface area contributed by atoms with Crippen LogP contribution in [0.15, 0.2) is 24.3 Å². The van der Waals surface area contributed by atoms with Crippen molar-refractivity contribution < 1.29 is 17.9 Å².